The van der Waals surface area contributed by atoms with Crippen molar-refractivity contribution in [3.05, 3.63) is 65.6 Å². The molecule has 4 rings (SSSR count). The van der Waals surface area contributed by atoms with Gasteiger partial charge in [0.25, 0.3) is 5.91 Å². The number of alkyl halides is 3. The van der Waals surface area contributed by atoms with E-state index in [0.29, 0.717) is 31.5 Å². The van der Waals surface area contributed by atoms with Gasteiger partial charge in [-0.2, -0.15) is 18.3 Å². The van der Waals surface area contributed by atoms with E-state index in [9.17, 15) is 22.4 Å². The number of hydrogen-bond donors (Lipinski definition) is 2. The Bertz CT molecular complexity index is 1100. The molecule has 0 unspecified atom stereocenters. The van der Waals surface area contributed by atoms with E-state index in [2.05, 4.69) is 25.7 Å². The second-order valence-electron chi connectivity index (χ2n) is 6.69. The highest BCUT2D eigenvalue weighted by Gasteiger charge is 2.33. The summed E-state index contributed by atoms with van der Waals surface area (Å²) in [4.78, 5) is 19.4. The van der Waals surface area contributed by atoms with E-state index in [4.69, 9.17) is 4.74 Å². The van der Waals surface area contributed by atoms with Gasteiger partial charge in [0, 0.05) is 30.5 Å². The van der Waals surface area contributed by atoms with Gasteiger partial charge in [0.05, 0.1) is 36.9 Å². The van der Waals surface area contributed by atoms with Crippen LogP contribution >= 0.6 is 12.4 Å². The van der Waals surface area contributed by atoms with E-state index >= 15 is 0 Å². The minimum atomic E-state index is -4.66. The second-order valence-corrected chi connectivity index (χ2v) is 6.69. The molecule has 32 heavy (non-hydrogen) atoms. The van der Waals surface area contributed by atoms with Crippen LogP contribution < -0.4 is 10.6 Å². The standard InChI is InChI=1S/C19H16F4N6O2.ClH/c20-14-5-12(1-2-13(14)15-7-24-3-4-31-15)27-18(30)11-6-26-29(10-11)17-9-25-8-16(28-17)19(21,22)23;/h1-2,5-6,8-10,15,24H,3-4,7H2,(H,27,30);1H/t15-;/m1./s1. The number of anilines is 1. The van der Waals surface area contributed by atoms with Crippen LogP contribution in [0.1, 0.15) is 27.7 Å². The third-order valence-corrected chi connectivity index (χ3v) is 4.52. The number of carbonyl (C=O) groups is 1. The Morgan fingerprint density at radius 1 is 1.25 bits per heavy atom. The van der Waals surface area contributed by atoms with Crippen molar-refractivity contribution in [2.24, 2.45) is 0 Å². The smallest absolute Gasteiger partial charge is 0.371 e. The van der Waals surface area contributed by atoms with E-state index in [1.807, 2.05) is 0 Å². The summed E-state index contributed by atoms with van der Waals surface area (Å²) >= 11 is 0. The number of halogens is 5. The van der Waals surface area contributed by atoms with Gasteiger partial charge in [-0.3, -0.25) is 9.78 Å². The molecule has 0 radical (unpaired) electrons. The maximum Gasteiger partial charge on any atom is 0.434 e. The van der Waals surface area contributed by atoms with E-state index in [-0.39, 0.29) is 29.5 Å². The average Bonchev–Trinajstić information content (AvgIpc) is 3.25. The molecule has 1 amide bonds. The van der Waals surface area contributed by atoms with Crippen molar-refractivity contribution >= 4 is 24.0 Å². The van der Waals surface area contributed by atoms with Crippen molar-refractivity contribution < 1.29 is 27.1 Å². The third kappa shape index (κ3) is 5.21. The zero-order valence-electron chi connectivity index (χ0n) is 16.3. The van der Waals surface area contributed by atoms with Crippen LogP contribution in [0.2, 0.25) is 0 Å². The number of ether oxygens (including phenoxy) is 1. The summed E-state index contributed by atoms with van der Waals surface area (Å²) in [5.41, 5.74) is -0.550. The number of carbonyl (C=O) groups excluding carboxylic acids is 1. The summed E-state index contributed by atoms with van der Waals surface area (Å²) in [7, 11) is 0. The molecule has 2 N–H and O–H groups in total. The molecule has 170 valence electrons. The molecule has 3 aromatic rings. The molecule has 0 aliphatic carbocycles. The minimum absolute atomic E-state index is 0. The molecule has 1 aromatic carbocycles. The number of amides is 1. The summed E-state index contributed by atoms with van der Waals surface area (Å²) < 4.78 is 59.4. The fourth-order valence-corrected chi connectivity index (χ4v) is 3.00. The summed E-state index contributed by atoms with van der Waals surface area (Å²) in [5.74, 6) is -1.35. The van der Waals surface area contributed by atoms with Crippen LogP contribution in [0.25, 0.3) is 5.82 Å². The van der Waals surface area contributed by atoms with Gasteiger partial charge in [-0.25, -0.2) is 14.1 Å². The van der Waals surface area contributed by atoms with Gasteiger partial charge < -0.3 is 15.4 Å². The van der Waals surface area contributed by atoms with E-state index < -0.39 is 29.7 Å². The number of nitrogens with one attached hydrogen (secondary N) is 2. The highest BCUT2D eigenvalue weighted by molar-refractivity contribution is 6.04. The largest absolute Gasteiger partial charge is 0.434 e. The van der Waals surface area contributed by atoms with Crippen LogP contribution in [0.4, 0.5) is 23.2 Å². The second kappa shape index (κ2) is 9.59. The Morgan fingerprint density at radius 3 is 2.75 bits per heavy atom. The molecule has 13 heteroatoms. The Labute approximate surface area is 185 Å². The number of morpholine rings is 1. The lowest BCUT2D eigenvalue weighted by atomic mass is 10.1. The molecule has 1 saturated heterocycles. The number of rotatable bonds is 4. The van der Waals surface area contributed by atoms with Crippen molar-refractivity contribution in [2.45, 2.75) is 12.3 Å². The predicted octanol–water partition coefficient (Wildman–Crippen LogP) is 3.16. The van der Waals surface area contributed by atoms with Gasteiger partial charge in [-0.1, -0.05) is 6.07 Å². The SMILES string of the molecule is Cl.O=C(Nc1ccc([C@H]2CNCCO2)c(F)c1)c1cnn(-c2cncc(C(F)(F)F)n2)c1. The molecule has 3 heterocycles. The highest BCUT2D eigenvalue weighted by atomic mass is 35.5. The third-order valence-electron chi connectivity index (χ3n) is 4.52. The summed E-state index contributed by atoms with van der Waals surface area (Å²) in [6, 6.07) is 4.25. The first-order valence-corrected chi connectivity index (χ1v) is 9.18. The Hall–Kier alpha value is -3.09. The van der Waals surface area contributed by atoms with Gasteiger partial charge >= 0.3 is 6.18 Å². The molecule has 1 aliphatic heterocycles. The van der Waals surface area contributed by atoms with Gasteiger partial charge in [0.2, 0.25) is 0 Å². The van der Waals surface area contributed by atoms with Crippen LogP contribution in [0.5, 0.6) is 0 Å². The fourth-order valence-electron chi connectivity index (χ4n) is 3.00. The molecule has 0 spiro atoms. The normalized spacial score (nSPS) is 16.3. The van der Waals surface area contributed by atoms with Gasteiger partial charge in [-0.15, -0.1) is 12.4 Å². The van der Waals surface area contributed by atoms with Crippen molar-refractivity contribution in [3.63, 3.8) is 0 Å². The maximum absolute atomic E-state index is 14.5. The minimum Gasteiger partial charge on any atom is -0.371 e. The highest BCUT2D eigenvalue weighted by Crippen LogP contribution is 2.27. The van der Waals surface area contributed by atoms with Crippen LogP contribution in [-0.4, -0.2) is 45.4 Å². The average molecular weight is 473 g/mol. The molecule has 8 nitrogen and oxygen atoms in total. The van der Waals surface area contributed by atoms with E-state index in [0.717, 1.165) is 17.1 Å². The first-order valence-electron chi connectivity index (χ1n) is 9.18. The molecule has 2 aromatic heterocycles. The summed E-state index contributed by atoms with van der Waals surface area (Å²) in [6.45, 7) is 1.66. The number of nitrogens with zero attached hydrogens (tertiary/aromatic N) is 4. The van der Waals surface area contributed by atoms with Gasteiger partial charge in [-0.05, 0) is 12.1 Å². The fraction of sp³-hybridized carbons (Fsp3) is 0.263. The monoisotopic (exact) mass is 472 g/mol. The number of benzene rings is 1. The Kier molecular flexibility index (Phi) is 7.06. The molecule has 1 fully saturated rings. The molecule has 1 aliphatic rings. The van der Waals surface area contributed by atoms with Crippen LogP contribution in [0.3, 0.4) is 0 Å². The Morgan fingerprint density at radius 2 is 2.06 bits per heavy atom. The number of hydrogen-bond acceptors (Lipinski definition) is 6. The molecule has 0 saturated carbocycles. The van der Waals surface area contributed by atoms with Crippen molar-refractivity contribution in [3.8, 4) is 5.82 Å². The molecular formula is C19H17ClF4N6O2. The maximum atomic E-state index is 14.5. The summed E-state index contributed by atoms with van der Waals surface area (Å²) in [6.07, 6.45) is -1.04. The first kappa shape index (κ1) is 23.6. The van der Waals surface area contributed by atoms with Crippen molar-refractivity contribution in [1.82, 2.24) is 25.1 Å². The topological polar surface area (TPSA) is 94.0 Å². The lowest BCUT2D eigenvalue weighted by molar-refractivity contribution is -0.141. The lowest BCUT2D eigenvalue weighted by Gasteiger charge is -2.24. The Balaban J connectivity index is 0.00000289. The predicted molar refractivity (Wildman–Crippen MR) is 107 cm³/mol. The zero-order valence-corrected chi connectivity index (χ0v) is 17.1. The van der Waals surface area contributed by atoms with Gasteiger partial charge in [0.1, 0.15) is 5.82 Å². The number of aromatic nitrogens is 4. The van der Waals surface area contributed by atoms with Crippen LogP contribution in [0.15, 0.2) is 43.0 Å². The van der Waals surface area contributed by atoms with Crippen molar-refractivity contribution in [1.29, 1.82) is 0 Å². The van der Waals surface area contributed by atoms with E-state index in [1.165, 1.54) is 24.4 Å². The first-order chi connectivity index (χ1) is 14.8. The van der Waals surface area contributed by atoms with Crippen molar-refractivity contribution in [2.75, 3.05) is 25.0 Å². The van der Waals surface area contributed by atoms with Crippen LogP contribution in [-0.2, 0) is 10.9 Å². The summed E-state index contributed by atoms with van der Waals surface area (Å²) in [5, 5.41) is 9.49. The quantitative estimate of drug-likeness (QED) is 0.567. The molecular weight excluding hydrogens is 456 g/mol. The van der Waals surface area contributed by atoms with Gasteiger partial charge in [0.15, 0.2) is 11.5 Å². The lowest BCUT2D eigenvalue weighted by Crippen LogP contribution is -2.33. The van der Waals surface area contributed by atoms with E-state index in [1.54, 1.807) is 0 Å². The zero-order chi connectivity index (χ0) is 22.0. The van der Waals surface area contributed by atoms with Crippen LogP contribution in [0, 0.1) is 5.82 Å². The molecule has 1 atom stereocenters. The molecule has 0 bridgehead atoms.